The van der Waals surface area contributed by atoms with Gasteiger partial charge in [0.25, 0.3) is 0 Å². The molecule has 1 heterocycles. The van der Waals surface area contributed by atoms with Crippen LogP contribution in [0.4, 0.5) is 13.2 Å². The van der Waals surface area contributed by atoms with E-state index in [9.17, 15) is 13.2 Å². The zero-order valence-electron chi connectivity index (χ0n) is 11.1. The number of benzene rings is 1. The van der Waals surface area contributed by atoms with Gasteiger partial charge in [0.1, 0.15) is 5.82 Å². The lowest BCUT2D eigenvalue weighted by Crippen LogP contribution is -2.18. The molecule has 0 aliphatic heterocycles. The van der Waals surface area contributed by atoms with E-state index in [1.54, 1.807) is 6.20 Å². The highest BCUT2D eigenvalue weighted by atomic mass is 19.4. The van der Waals surface area contributed by atoms with E-state index < -0.39 is 11.7 Å². The largest absolute Gasteiger partial charge is 0.416 e. The predicted molar refractivity (Wildman–Crippen MR) is 70.1 cm³/mol. The summed E-state index contributed by atoms with van der Waals surface area (Å²) in [4.78, 5) is 4.20. The van der Waals surface area contributed by atoms with E-state index in [4.69, 9.17) is 0 Å². The monoisotopic (exact) mass is 283 g/mol. The lowest BCUT2D eigenvalue weighted by Gasteiger charge is -2.08. The molecular formula is C14H16F3N3. The van der Waals surface area contributed by atoms with Gasteiger partial charge >= 0.3 is 6.18 Å². The summed E-state index contributed by atoms with van der Waals surface area (Å²) in [6.07, 6.45) is 0.130. The quantitative estimate of drug-likeness (QED) is 0.855. The molecule has 1 aromatic carbocycles. The highest BCUT2D eigenvalue weighted by Gasteiger charge is 2.29. The summed E-state index contributed by atoms with van der Waals surface area (Å²) in [5, 5.41) is 3.19. The van der Waals surface area contributed by atoms with Crippen molar-refractivity contribution in [2.45, 2.75) is 19.1 Å². The summed E-state index contributed by atoms with van der Waals surface area (Å²) < 4.78 is 39.1. The van der Waals surface area contributed by atoms with E-state index in [1.165, 1.54) is 12.1 Å². The Morgan fingerprint density at radius 1 is 1.20 bits per heavy atom. The predicted octanol–water partition coefficient (Wildman–Crippen LogP) is 2.77. The number of alkyl halides is 3. The first-order valence-electron chi connectivity index (χ1n) is 6.30. The van der Waals surface area contributed by atoms with E-state index in [1.807, 2.05) is 17.8 Å². The standard InChI is InChI=1S/C14H16F3N3/c1-20-9-8-19-13(20)6-7-18-10-11-2-4-12(5-3-11)14(15,16)17/h2-5,8-9,18H,6-7,10H2,1H3. The van der Waals surface area contributed by atoms with Crippen molar-refractivity contribution in [2.75, 3.05) is 6.54 Å². The second-order valence-electron chi connectivity index (χ2n) is 4.58. The van der Waals surface area contributed by atoms with Crippen molar-refractivity contribution < 1.29 is 13.2 Å². The molecule has 0 unspecified atom stereocenters. The van der Waals surface area contributed by atoms with Crippen LogP contribution in [0.2, 0.25) is 0 Å². The molecule has 2 aromatic rings. The van der Waals surface area contributed by atoms with Crippen LogP contribution >= 0.6 is 0 Å². The van der Waals surface area contributed by atoms with Crippen LogP contribution in [0, 0.1) is 0 Å². The van der Waals surface area contributed by atoms with Crippen molar-refractivity contribution in [1.82, 2.24) is 14.9 Å². The first-order valence-corrected chi connectivity index (χ1v) is 6.30. The first-order chi connectivity index (χ1) is 9.47. The van der Waals surface area contributed by atoms with E-state index in [2.05, 4.69) is 10.3 Å². The highest BCUT2D eigenvalue weighted by Crippen LogP contribution is 2.28. The number of rotatable bonds is 5. The smallest absolute Gasteiger partial charge is 0.338 e. The van der Waals surface area contributed by atoms with E-state index in [0.29, 0.717) is 6.54 Å². The molecule has 0 amide bonds. The first kappa shape index (κ1) is 14.6. The Kier molecular flexibility index (Phi) is 4.44. The summed E-state index contributed by atoms with van der Waals surface area (Å²) in [6.45, 7) is 1.27. The van der Waals surface area contributed by atoms with Crippen LogP contribution in [-0.2, 0) is 26.2 Å². The molecule has 0 fully saturated rings. The molecule has 0 aliphatic rings. The van der Waals surface area contributed by atoms with Crippen LogP contribution in [0.15, 0.2) is 36.7 Å². The third kappa shape index (κ3) is 3.84. The minimum absolute atomic E-state index is 0.544. The van der Waals surface area contributed by atoms with Crippen LogP contribution in [0.5, 0.6) is 0 Å². The maximum atomic E-state index is 12.4. The number of hydrogen-bond donors (Lipinski definition) is 1. The normalized spacial score (nSPS) is 11.8. The Hall–Kier alpha value is -1.82. The SMILES string of the molecule is Cn1ccnc1CCNCc1ccc(C(F)(F)F)cc1. The zero-order valence-corrected chi connectivity index (χ0v) is 11.1. The number of aryl methyl sites for hydroxylation is 1. The van der Waals surface area contributed by atoms with Gasteiger partial charge < -0.3 is 9.88 Å². The topological polar surface area (TPSA) is 29.9 Å². The molecule has 0 spiro atoms. The number of hydrogen-bond acceptors (Lipinski definition) is 2. The van der Waals surface area contributed by atoms with E-state index >= 15 is 0 Å². The fraction of sp³-hybridized carbons (Fsp3) is 0.357. The average molecular weight is 283 g/mol. The summed E-state index contributed by atoms with van der Waals surface area (Å²) >= 11 is 0. The third-order valence-electron chi connectivity index (χ3n) is 3.06. The van der Waals surface area contributed by atoms with Crippen molar-refractivity contribution in [2.24, 2.45) is 7.05 Å². The molecule has 20 heavy (non-hydrogen) atoms. The van der Waals surface area contributed by atoms with Gasteiger partial charge in [0.05, 0.1) is 5.56 Å². The summed E-state index contributed by atoms with van der Waals surface area (Å²) in [5.74, 6) is 0.977. The minimum Gasteiger partial charge on any atom is -0.338 e. The molecule has 0 bridgehead atoms. The van der Waals surface area contributed by atoms with Crippen LogP contribution in [0.1, 0.15) is 17.0 Å². The van der Waals surface area contributed by atoms with Crippen molar-refractivity contribution >= 4 is 0 Å². The molecule has 0 atom stereocenters. The van der Waals surface area contributed by atoms with Crippen LogP contribution in [0.25, 0.3) is 0 Å². The van der Waals surface area contributed by atoms with Crippen LogP contribution in [-0.4, -0.2) is 16.1 Å². The molecule has 1 N–H and O–H groups in total. The Balaban J connectivity index is 1.78. The Bertz CT molecular complexity index is 544. The summed E-state index contributed by atoms with van der Waals surface area (Å²) in [7, 11) is 1.93. The number of nitrogens with one attached hydrogen (secondary N) is 1. The minimum atomic E-state index is -4.27. The van der Waals surface area contributed by atoms with Gasteiger partial charge in [-0.15, -0.1) is 0 Å². The highest BCUT2D eigenvalue weighted by molar-refractivity contribution is 5.24. The fourth-order valence-corrected chi connectivity index (χ4v) is 1.88. The summed E-state index contributed by atoms with van der Waals surface area (Å²) in [6, 6.07) is 5.21. The molecule has 0 radical (unpaired) electrons. The average Bonchev–Trinajstić information content (AvgIpc) is 2.80. The van der Waals surface area contributed by atoms with Crippen LogP contribution < -0.4 is 5.32 Å². The van der Waals surface area contributed by atoms with Gasteiger partial charge in [-0.05, 0) is 17.7 Å². The van der Waals surface area contributed by atoms with Gasteiger partial charge in [-0.1, -0.05) is 12.1 Å². The van der Waals surface area contributed by atoms with Crippen molar-refractivity contribution in [3.63, 3.8) is 0 Å². The number of halogens is 3. The third-order valence-corrected chi connectivity index (χ3v) is 3.06. The van der Waals surface area contributed by atoms with Crippen molar-refractivity contribution in [1.29, 1.82) is 0 Å². The maximum Gasteiger partial charge on any atom is 0.416 e. The summed E-state index contributed by atoms with van der Waals surface area (Å²) in [5.41, 5.74) is 0.215. The molecule has 2 rings (SSSR count). The Morgan fingerprint density at radius 2 is 1.90 bits per heavy atom. The number of imidazole rings is 1. The van der Waals surface area contributed by atoms with Crippen molar-refractivity contribution in [3.05, 3.63) is 53.6 Å². The molecule has 3 nitrogen and oxygen atoms in total. The molecule has 108 valence electrons. The van der Waals surface area contributed by atoms with Crippen LogP contribution in [0.3, 0.4) is 0 Å². The molecule has 0 saturated heterocycles. The second kappa shape index (κ2) is 6.09. The number of nitrogens with zero attached hydrogens (tertiary/aromatic N) is 2. The molecule has 1 aromatic heterocycles. The lowest BCUT2D eigenvalue weighted by atomic mass is 10.1. The Labute approximate surface area is 115 Å². The van der Waals surface area contributed by atoms with Gasteiger partial charge in [0.2, 0.25) is 0 Å². The molecule has 6 heteroatoms. The fourth-order valence-electron chi connectivity index (χ4n) is 1.88. The second-order valence-corrected chi connectivity index (χ2v) is 4.58. The maximum absolute atomic E-state index is 12.4. The van der Waals surface area contributed by atoms with E-state index in [0.717, 1.165) is 36.5 Å². The van der Waals surface area contributed by atoms with Gasteiger partial charge in [0, 0.05) is 39.0 Å². The molecule has 0 aliphatic carbocycles. The van der Waals surface area contributed by atoms with Gasteiger partial charge in [0.15, 0.2) is 0 Å². The molecular weight excluding hydrogens is 267 g/mol. The molecule has 0 saturated carbocycles. The van der Waals surface area contributed by atoms with Gasteiger partial charge in [-0.2, -0.15) is 13.2 Å². The van der Waals surface area contributed by atoms with Gasteiger partial charge in [-0.25, -0.2) is 4.98 Å². The lowest BCUT2D eigenvalue weighted by molar-refractivity contribution is -0.137. The van der Waals surface area contributed by atoms with E-state index in [-0.39, 0.29) is 0 Å². The zero-order chi connectivity index (χ0) is 14.6. The Morgan fingerprint density at radius 3 is 2.45 bits per heavy atom. The number of aromatic nitrogens is 2. The van der Waals surface area contributed by atoms with Crippen molar-refractivity contribution in [3.8, 4) is 0 Å². The van der Waals surface area contributed by atoms with Gasteiger partial charge in [-0.3, -0.25) is 0 Å².